The average Bonchev–Trinajstić information content (AvgIpc) is 3.37. The van der Waals surface area contributed by atoms with Crippen LogP contribution in [-0.2, 0) is 4.74 Å². The quantitative estimate of drug-likeness (QED) is 0.338. The van der Waals surface area contributed by atoms with Crippen LogP contribution in [0.15, 0.2) is 48.5 Å². The zero-order valence-corrected chi connectivity index (χ0v) is 23.6. The van der Waals surface area contributed by atoms with Gasteiger partial charge in [-0.3, -0.25) is 4.79 Å². The van der Waals surface area contributed by atoms with Gasteiger partial charge in [-0.05, 0) is 82.8 Å². The van der Waals surface area contributed by atoms with Gasteiger partial charge in [0.2, 0.25) is 0 Å². The van der Waals surface area contributed by atoms with E-state index < -0.39 is 11.5 Å². The third-order valence-corrected chi connectivity index (χ3v) is 6.97. The molecule has 10 nitrogen and oxygen atoms in total. The van der Waals surface area contributed by atoms with Crippen LogP contribution < -0.4 is 20.9 Å². The minimum Gasteiger partial charge on any atom is -0.493 e. The molecule has 1 saturated heterocycles. The lowest BCUT2D eigenvalue weighted by atomic mass is 9.82. The number of aromatic nitrogens is 2. The summed E-state index contributed by atoms with van der Waals surface area (Å²) in [4.78, 5) is 34.8. The van der Waals surface area contributed by atoms with Crippen LogP contribution >= 0.6 is 0 Å². The Hall–Kier alpha value is -4.05. The van der Waals surface area contributed by atoms with Gasteiger partial charge in [0.25, 0.3) is 5.91 Å². The molecule has 4 rings (SSSR count). The van der Waals surface area contributed by atoms with Crippen molar-refractivity contribution in [3.05, 3.63) is 60.0 Å². The zero-order chi connectivity index (χ0) is 28.9. The number of nitrogens with zero attached hydrogens (tertiary/aromatic N) is 2. The highest BCUT2D eigenvalue weighted by Gasteiger charge is 2.33. The van der Waals surface area contributed by atoms with Crippen LogP contribution in [-0.4, -0.2) is 59.2 Å². The Bertz CT molecular complexity index is 1310. The van der Waals surface area contributed by atoms with Gasteiger partial charge in [0.1, 0.15) is 28.6 Å². The first-order chi connectivity index (χ1) is 19.1. The topological polar surface area (TPSA) is 146 Å². The normalized spacial score (nSPS) is 15.0. The molecule has 1 atom stereocenters. The van der Waals surface area contributed by atoms with Crippen LogP contribution in [0.2, 0.25) is 0 Å². The molecule has 0 radical (unpaired) electrons. The Kier molecular flexibility index (Phi) is 8.99. The van der Waals surface area contributed by atoms with Crippen molar-refractivity contribution in [2.45, 2.75) is 51.6 Å². The van der Waals surface area contributed by atoms with Gasteiger partial charge in [-0.25, -0.2) is 9.78 Å². The molecule has 3 aromatic rings. The fourth-order valence-corrected chi connectivity index (χ4v) is 5.06. The van der Waals surface area contributed by atoms with Gasteiger partial charge in [-0.15, -0.1) is 0 Å². The Morgan fingerprint density at radius 2 is 1.80 bits per heavy atom. The number of primary amides is 1. The second-order valence-corrected chi connectivity index (χ2v) is 11.0. The highest BCUT2D eigenvalue weighted by molar-refractivity contribution is 5.97. The first-order valence-electron chi connectivity index (χ1n) is 13.6. The lowest BCUT2D eigenvalue weighted by Gasteiger charge is -2.36. The lowest BCUT2D eigenvalue weighted by molar-refractivity contribution is 0.0171. The number of aromatic amines is 1. The maximum absolute atomic E-state index is 12.5. The summed E-state index contributed by atoms with van der Waals surface area (Å²) in [6.07, 6.45) is 1.91. The fourth-order valence-electron chi connectivity index (χ4n) is 5.06. The van der Waals surface area contributed by atoms with E-state index in [0.29, 0.717) is 60.4 Å². The summed E-state index contributed by atoms with van der Waals surface area (Å²) in [5.74, 6) is 1.95. The lowest BCUT2D eigenvalue weighted by Crippen LogP contribution is -2.42. The number of para-hydroxylation sites is 1. The molecule has 0 bridgehead atoms. The minimum absolute atomic E-state index is 0.0276. The van der Waals surface area contributed by atoms with E-state index in [0.717, 1.165) is 12.8 Å². The number of benzene rings is 2. The molecule has 2 amide bonds. The summed E-state index contributed by atoms with van der Waals surface area (Å²) in [5, 5.41) is 0. The maximum atomic E-state index is 12.5. The van der Waals surface area contributed by atoms with Gasteiger partial charge in [0.05, 0.1) is 7.11 Å². The number of rotatable bonds is 9. The van der Waals surface area contributed by atoms with Crippen LogP contribution in [0.5, 0.6) is 17.2 Å². The second kappa shape index (κ2) is 12.4. The number of amides is 2. The summed E-state index contributed by atoms with van der Waals surface area (Å²) in [6, 6.07) is 14.8. The number of methoxy groups -OCH3 is 1. The molecule has 0 aliphatic carbocycles. The van der Waals surface area contributed by atoms with Crippen LogP contribution in [0.1, 0.15) is 62.3 Å². The number of carbonyl (C=O) groups is 2. The molecule has 1 fully saturated rings. The Morgan fingerprint density at radius 1 is 1.10 bits per heavy atom. The van der Waals surface area contributed by atoms with E-state index in [1.54, 1.807) is 24.1 Å². The average molecular weight is 550 g/mol. The number of imidazole rings is 1. The molecule has 40 heavy (non-hydrogen) atoms. The van der Waals surface area contributed by atoms with E-state index in [-0.39, 0.29) is 23.6 Å². The van der Waals surface area contributed by atoms with Gasteiger partial charge >= 0.3 is 6.09 Å². The molecule has 1 aromatic heterocycles. The summed E-state index contributed by atoms with van der Waals surface area (Å²) in [7, 11) is 1.56. The standard InChI is InChI=1S/C30H39N5O5/c1-30(2,3)40-29(37)35-16-13-19(14-17-35)22(12-15-31)28-33-25(26(34-28)27(32)36)20-10-11-23(24(18-20)38-4)39-21-8-6-5-7-9-21/h5-11,18-19,22H,12-17,31H2,1-4H3,(H2,32,36)(H,33,34). The summed E-state index contributed by atoms with van der Waals surface area (Å²) < 4.78 is 17.1. The largest absolute Gasteiger partial charge is 0.493 e. The van der Waals surface area contributed by atoms with Crippen molar-refractivity contribution in [1.29, 1.82) is 0 Å². The molecular formula is C30H39N5O5. The SMILES string of the molecule is COc1cc(-c2nc(C(CCN)C3CCN(C(=O)OC(C)(C)C)CC3)[nH]c2C(N)=O)ccc1Oc1ccccc1. The maximum Gasteiger partial charge on any atom is 0.410 e. The first kappa shape index (κ1) is 28.9. The number of ether oxygens (including phenoxy) is 3. The Labute approximate surface area is 235 Å². The van der Waals surface area contributed by atoms with Gasteiger partial charge in [0, 0.05) is 24.6 Å². The highest BCUT2D eigenvalue weighted by Crippen LogP contribution is 2.39. The number of nitrogens with one attached hydrogen (secondary N) is 1. The summed E-state index contributed by atoms with van der Waals surface area (Å²) >= 11 is 0. The van der Waals surface area contributed by atoms with E-state index in [1.807, 2.05) is 57.2 Å². The molecule has 2 heterocycles. The van der Waals surface area contributed by atoms with Crippen LogP contribution in [0.3, 0.4) is 0 Å². The number of piperidine rings is 1. The molecule has 1 aliphatic heterocycles. The number of hydrogen-bond acceptors (Lipinski definition) is 7. The first-order valence-corrected chi connectivity index (χ1v) is 13.6. The Balaban J connectivity index is 1.58. The van der Waals surface area contributed by atoms with E-state index in [2.05, 4.69) is 4.98 Å². The summed E-state index contributed by atoms with van der Waals surface area (Å²) in [6.45, 7) is 7.20. The number of nitrogens with two attached hydrogens (primary N) is 2. The van der Waals surface area contributed by atoms with E-state index in [9.17, 15) is 9.59 Å². The monoisotopic (exact) mass is 549 g/mol. The molecule has 10 heteroatoms. The molecule has 0 spiro atoms. The van der Waals surface area contributed by atoms with Crippen LogP contribution in [0, 0.1) is 5.92 Å². The molecule has 214 valence electrons. The number of carbonyl (C=O) groups excluding carboxylic acids is 2. The van der Waals surface area contributed by atoms with E-state index in [4.69, 9.17) is 30.7 Å². The van der Waals surface area contributed by atoms with Crippen molar-refractivity contribution in [2.24, 2.45) is 17.4 Å². The summed E-state index contributed by atoms with van der Waals surface area (Å²) in [5.41, 5.74) is 12.6. The molecule has 0 saturated carbocycles. The zero-order valence-electron chi connectivity index (χ0n) is 23.6. The fraction of sp³-hybridized carbons (Fsp3) is 0.433. The predicted molar refractivity (Wildman–Crippen MR) is 153 cm³/mol. The third-order valence-electron chi connectivity index (χ3n) is 6.97. The van der Waals surface area contributed by atoms with Crippen molar-refractivity contribution < 1.29 is 23.8 Å². The second-order valence-electron chi connectivity index (χ2n) is 11.0. The molecule has 2 aromatic carbocycles. The van der Waals surface area contributed by atoms with Crippen molar-refractivity contribution in [3.63, 3.8) is 0 Å². The van der Waals surface area contributed by atoms with Gasteiger partial charge in [0.15, 0.2) is 11.5 Å². The molecule has 1 aliphatic rings. The van der Waals surface area contributed by atoms with Gasteiger partial charge in [-0.2, -0.15) is 0 Å². The van der Waals surface area contributed by atoms with E-state index >= 15 is 0 Å². The number of likely N-dealkylation sites (tertiary alicyclic amines) is 1. The third kappa shape index (κ3) is 6.93. The Morgan fingerprint density at radius 3 is 2.40 bits per heavy atom. The van der Waals surface area contributed by atoms with Crippen LogP contribution in [0.25, 0.3) is 11.3 Å². The molecular weight excluding hydrogens is 510 g/mol. The van der Waals surface area contributed by atoms with Crippen molar-refractivity contribution in [2.75, 3.05) is 26.7 Å². The van der Waals surface area contributed by atoms with Crippen LogP contribution in [0.4, 0.5) is 4.79 Å². The predicted octanol–water partition coefficient (Wildman–Crippen LogP) is 5.06. The smallest absolute Gasteiger partial charge is 0.410 e. The van der Waals surface area contributed by atoms with E-state index in [1.165, 1.54) is 0 Å². The number of H-pyrrole nitrogens is 1. The minimum atomic E-state index is -0.608. The van der Waals surface area contributed by atoms with Crippen molar-refractivity contribution >= 4 is 12.0 Å². The van der Waals surface area contributed by atoms with Crippen molar-refractivity contribution in [1.82, 2.24) is 14.9 Å². The van der Waals surface area contributed by atoms with Crippen molar-refractivity contribution in [3.8, 4) is 28.5 Å². The van der Waals surface area contributed by atoms with Gasteiger partial charge < -0.3 is 35.6 Å². The highest BCUT2D eigenvalue weighted by atomic mass is 16.6. The number of hydrogen-bond donors (Lipinski definition) is 3. The molecule has 1 unspecified atom stereocenters. The molecule has 5 N–H and O–H groups in total. The van der Waals surface area contributed by atoms with Gasteiger partial charge in [-0.1, -0.05) is 18.2 Å².